The first-order chi connectivity index (χ1) is 12.6. The van der Waals surface area contributed by atoms with Crippen LogP contribution in [0.15, 0.2) is 4.52 Å². The normalized spacial score (nSPS) is 21.8. The van der Waals surface area contributed by atoms with Gasteiger partial charge in [-0.05, 0) is 31.6 Å². The van der Waals surface area contributed by atoms with Crippen LogP contribution in [-0.2, 0) is 20.7 Å². The predicted octanol–water partition coefficient (Wildman–Crippen LogP) is 1.04. The molecule has 0 unspecified atom stereocenters. The molecule has 0 radical (unpaired) electrons. The molecule has 2 aliphatic heterocycles. The minimum Gasteiger partial charge on any atom is -0.375 e. The third kappa shape index (κ3) is 4.60. The Morgan fingerprint density at radius 2 is 1.96 bits per heavy atom. The molecule has 1 aromatic rings. The van der Waals surface area contributed by atoms with Crippen LogP contribution < -0.4 is 0 Å². The van der Waals surface area contributed by atoms with E-state index in [0.29, 0.717) is 18.4 Å². The van der Waals surface area contributed by atoms with Crippen molar-refractivity contribution < 1.29 is 18.8 Å². The maximum Gasteiger partial charge on any atom is 0.248 e. The first-order valence-electron chi connectivity index (χ1n) is 9.41. The number of methoxy groups -OCH3 is 1. The molecule has 8 nitrogen and oxygen atoms in total. The van der Waals surface area contributed by atoms with Gasteiger partial charge in [0.2, 0.25) is 17.7 Å². The van der Waals surface area contributed by atoms with Gasteiger partial charge in [-0.2, -0.15) is 4.98 Å². The first-order valence-corrected chi connectivity index (χ1v) is 9.41. The average Bonchev–Trinajstić information content (AvgIpc) is 3.07. The number of likely N-dealkylation sites (tertiary alicyclic amines) is 2. The maximum atomic E-state index is 12.9. The van der Waals surface area contributed by atoms with E-state index in [1.807, 2.05) is 4.90 Å². The van der Waals surface area contributed by atoms with Crippen LogP contribution in [0.3, 0.4) is 0 Å². The third-order valence-corrected chi connectivity index (χ3v) is 5.36. The zero-order valence-electron chi connectivity index (χ0n) is 15.6. The predicted molar refractivity (Wildman–Crippen MR) is 93.2 cm³/mol. The van der Waals surface area contributed by atoms with Gasteiger partial charge in [0, 0.05) is 46.6 Å². The molecule has 26 heavy (non-hydrogen) atoms. The van der Waals surface area contributed by atoms with E-state index in [0.717, 1.165) is 57.6 Å². The van der Waals surface area contributed by atoms with Crippen LogP contribution in [0.2, 0.25) is 0 Å². The second kappa shape index (κ2) is 8.62. The number of hydrogen-bond acceptors (Lipinski definition) is 6. The Kier molecular flexibility index (Phi) is 6.24. The lowest BCUT2D eigenvalue weighted by Crippen LogP contribution is -2.49. The van der Waals surface area contributed by atoms with Crippen molar-refractivity contribution in [2.75, 3.05) is 39.9 Å². The fourth-order valence-corrected chi connectivity index (χ4v) is 3.92. The Bertz CT molecular complexity index is 624. The Morgan fingerprint density at radius 3 is 2.62 bits per heavy atom. The molecule has 3 heterocycles. The van der Waals surface area contributed by atoms with Crippen molar-refractivity contribution in [2.24, 2.45) is 11.8 Å². The molecule has 1 atom stereocenters. The Morgan fingerprint density at radius 1 is 1.19 bits per heavy atom. The lowest BCUT2D eigenvalue weighted by molar-refractivity contribution is -0.143. The molecular formula is C18H28N4O4. The zero-order chi connectivity index (χ0) is 18.5. The molecule has 2 saturated heterocycles. The van der Waals surface area contributed by atoms with Gasteiger partial charge in [-0.3, -0.25) is 9.59 Å². The number of piperidine rings is 2. The highest BCUT2D eigenvalue weighted by Gasteiger charge is 2.33. The standard InChI is InChI=1S/C18H28N4O4/c1-13-19-16(20-26-13)10-14-5-8-21(9-6-14)18(24)15-4-3-7-22(11-15)17(23)12-25-2/h14-15H,3-12H2,1-2H3/t15-/m1/s1. The first kappa shape index (κ1) is 18.8. The monoisotopic (exact) mass is 364 g/mol. The van der Waals surface area contributed by atoms with Crippen molar-refractivity contribution >= 4 is 11.8 Å². The summed E-state index contributed by atoms with van der Waals surface area (Å²) in [5, 5.41) is 3.96. The molecule has 144 valence electrons. The number of rotatable bonds is 5. The summed E-state index contributed by atoms with van der Waals surface area (Å²) < 4.78 is 9.95. The second-order valence-corrected chi connectivity index (χ2v) is 7.31. The van der Waals surface area contributed by atoms with Gasteiger partial charge in [0.15, 0.2) is 5.82 Å². The van der Waals surface area contributed by atoms with Gasteiger partial charge < -0.3 is 19.1 Å². The molecular weight excluding hydrogens is 336 g/mol. The lowest BCUT2D eigenvalue weighted by Gasteiger charge is -2.37. The fraction of sp³-hybridized carbons (Fsp3) is 0.778. The summed E-state index contributed by atoms with van der Waals surface area (Å²) in [6.07, 6.45) is 4.45. The van der Waals surface area contributed by atoms with E-state index in [4.69, 9.17) is 9.26 Å². The van der Waals surface area contributed by atoms with E-state index in [-0.39, 0.29) is 24.3 Å². The number of nitrogens with zero attached hydrogens (tertiary/aromatic N) is 4. The van der Waals surface area contributed by atoms with Gasteiger partial charge >= 0.3 is 0 Å². The van der Waals surface area contributed by atoms with Crippen molar-refractivity contribution in [1.29, 1.82) is 0 Å². The van der Waals surface area contributed by atoms with Gasteiger partial charge in [0.05, 0.1) is 5.92 Å². The van der Waals surface area contributed by atoms with Crippen LogP contribution in [0, 0.1) is 18.8 Å². The average molecular weight is 364 g/mol. The van der Waals surface area contributed by atoms with Crippen molar-refractivity contribution in [2.45, 2.75) is 39.0 Å². The summed E-state index contributed by atoms with van der Waals surface area (Å²) in [5.74, 6) is 1.92. The van der Waals surface area contributed by atoms with Gasteiger partial charge in [-0.15, -0.1) is 0 Å². The van der Waals surface area contributed by atoms with Gasteiger partial charge in [0.1, 0.15) is 6.61 Å². The number of amides is 2. The number of carbonyl (C=O) groups is 2. The zero-order valence-corrected chi connectivity index (χ0v) is 15.6. The second-order valence-electron chi connectivity index (χ2n) is 7.31. The van der Waals surface area contributed by atoms with Crippen molar-refractivity contribution in [3.63, 3.8) is 0 Å². The highest BCUT2D eigenvalue weighted by molar-refractivity contribution is 5.82. The third-order valence-electron chi connectivity index (χ3n) is 5.36. The molecule has 0 aromatic carbocycles. The lowest BCUT2D eigenvalue weighted by atomic mass is 9.91. The molecule has 0 N–H and O–H groups in total. The number of aromatic nitrogens is 2. The maximum absolute atomic E-state index is 12.9. The van der Waals surface area contributed by atoms with Gasteiger partial charge in [-0.25, -0.2) is 0 Å². The summed E-state index contributed by atoms with van der Waals surface area (Å²) >= 11 is 0. The molecule has 0 spiro atoms. The van der Waals surface area contributed by atoms with Crippen molar-refractivity contribution in [3.8, 4) is 0 Å². The molecule has 0 bridgehead atoms. The minimum atomic E-state index is -0.0824. The molecule has 1 aromatic heterocycles. The van der Waals surface area contributed by atoms with Crippen LogP contribution >= 0.6 is 0 Å². The molecule has 3 rings (SSSR count). The summed E-state index contributed by atoms with van der Waals surface area (Å²) in [4.78, 5) is 32.9. The summed E-state index contributed by atoms with van der Waals surface area (Å²) in [6, 6.07) is 0. The van der Waals surface area contributed by atoms with E-state index in [1.165, 1.54) is 7.11 Å². The van der Waals surface area contributed by atoms with E-state index >= 15 is 0 Å². The van der Waals surface area contributed by atoms with Crippen LogP contribution in [0.25, 0.3) is 0 Å². The summed E-state index contributed by atoms with van der Waals surface area (Å²) in [5.41, 5.74) is 0. The largest absolute Gasteiger partial charge is 0.375 e. The van der Waals surface area contributed by atoms with Crippen LogP contribution in [0.1, 0.15) is 37.4 Å². The summed E-state index contributed by atoms with van der Waals surface area (Å²) in [6.45, 7) is 4.65. The quantitative estimate of drug-likeness (QED) is 0.776. The van der Waals surface area contributed by atoms with Crippen LogP contribution in [0.4, 0.5) is 0 Å². The number of ether oxygens (including phenoxy) is 1. The fourth-order valence-electron chi connectivity index (χ4n) is 3.92. The van der Waals surface area contributed by atoms with E-state index in [1.54, 1.807) is 11.8 Å². The Hall–Kier alpha value is -1.96. The number of aryl methyl sites for hydroxylation is 1. The van der Waals surface area contributed by atoms with Gasteiger partial charge in [0.25, 0.3) is 0 Å². The molecule has 2 fully saturated rings. The molecule has 0 saturated carbocycles. The van der Waals surface area contributed by atoms with Gasteiger partial charge in [-0.1, -0.05) is 5.16 Å². The van der Waals surface area contributed by atoms with Crippen molar-refractivity contribution in [3.05, 3.63) is 11.7 Å². The highest BCUT2D eigenvalue weighted by atomic mass is 16.5. The van der Waals surface area contributed by atoms with E-state index in [2.05, 4.69) is 10.1 Å². The van der Waals surface area contributed by atoms with Crippen LogP contribution in [-0.4, -0.2) is 71.7 Å². The van der Waals surface area contributed by atoms with E-state index < -0.39 is 0 Å². The minimum absolute atomic E-state index is 0.0286. The molecule has 2 amide bonds. The molecule has 2 aliphatic rings. The Balaban J connectivity index is 1.47. The molecule has 8 heteroatoms. The van der Waals surface area contributed by atoms with Crippen molar-refractivity contribution in [1.82, 2.24) is 19.9 Å². The smallest absolute Gasteiger partial charge is 0.248 e. The molecule has 0 aliphatic carbocycles. The Labute approximate surface area is 153 Å². The van der Waals surface area contributed by atoms with E-state index in [9.17, 15) is 9.59 Å². The van der Waals surface area contributed by atoms with Crippen LogP contribution in [0.5, 0.6) is 0 Å². The summed E-state index contributed by atoms with van der Waals surface area (Å²) in [7, 11) is 1.52. The SMILES string of the molecule is COCC(=O)N1CCC[C@@H](C(=O)N2CCC(Cc3noc(C)n3)CC2)C1. The topological polar surface area (TPSA) is 88.8 Å². The highest BCUT2D eigenvalue weighted by Crippen LogP contribution is 2.25. The number of carbonyl (C=O) groups excluding carboxylic acids is 2. The number of hydrogen-bond donors (Lipinski definition) is 0.